The second kappa shape index (κ2) is 5.68. The van der Waals surface area contributed by atoms with Crippen molar-refractivity contribution in [1.82, 2.24) is 9.44 Å². The van der Waals surface area contributed by atoms with Gasteiger partial charge in [0.15, 0.2) is 0 Å². The lowest BCUT2D eigenvalue weighted by Crippen LogP contribution is -2.46. The molecule has 0 bridgehead atoms. The fourth-order valence-corrected chi connectivity index (χ4v) is 2.67. The van der Waals surface area contributed by atoms with E-state index in [0.29, 0.717) is 5.56 Å². The fourth-order valence-electron chi connectivity index (χ4n) is 1.43. The molecule has 6 nitrogen and oxygen atoms in total. The van der Waals surface area contributed by atoms with Gasteiger partial charge in [-0.2, -0.15) is 17.9 Å². The van der Waals surface area contributed by atoms with Gasteiger partial charge in [0, 0.05) is 12.1 Å². The predicted octanol–water partition coefficient (Wildman–Crippen LogP) is 1.11. The van der Waals surface area contributed by atoms with Crippen LogP contribution >= 0.6 is 0 Å². The highest BCUT2D eigenvalue weighted by Crippen LogP contribution is 2.06. The van der Waals surface area contributed by atoms with Gasteiger partial charge < -0.3 is 5.11 Å². The molecule has 0 amide bonds. The van der Waals surface area contributed by atoms with Crippen LogP contribution in [0.25, 0.3) is 0 Å². The van der Waals surface area contributed by atoms with Crippen molar-refractivity contribution in [3.63, 3.8) is 0 Å². The number of carbonyl (C=O) groups is 1. The third-order valence-corrected chi connectivity index (χ3v) is 3.49. The van der Waals surface area contributed by atoms with Crippen LogP contribution in [0, 0.1) is 0 Å². The Morgan fingerprint density at radius 1 is 1.32 bits per heavy atom. The first-order valence-electron chi connectivity index (χ1n) is 5.70. The molecule has 106 valence electrons. The summed E-state index contributed by atoms with van der Waals surface area (Å²) in [5.41, 5.74) is 0.133. The summed E-state index contributed by atoms with van der Waals surface area (Å²) in [5.74, 6) is -1.04. The third-order valence-electron chi connectivity index (χ3n) is 2.08. The second-order valence-electron chi connectivity index (χ2n) is 5.18. The van der Waals surface area contributed by atoms with Gasteiger partial charge in [0.1, 0.15) is 0 Å². The van der Waals surface area contributed by atoms with Gasteiger partial charge in [-0.25, -0.2) is 4.79 Å². The standard InChI is InChI=1S/C12H18N2O4S/c1-12(2,3)14-19(17,18)13-8-9-5-4-6-10(7-9)11(15)16/h4-7,13-14H,8H2,1-3H3,(H,15,16). The summed E-state index contributed by atoms with van der Waals surface area (Å²) >= 11 is 0. The first-order valence-corrected chi connectivity index (χ1v) is 7.18. The van der Waals surface area contributed by atoms with Crippen LogP contribution in [0.2, 0.25) is 0 Å². The average molecular weight is 286 g/mol. The molecular weight excluding hydrogens is 268 g/mol. The molecule has 0 spiro atoms. The maximum Gasteiger partial charge on any atom is 0.335 e. The fraction of sp³-hybridized carbons (Fsp3) is 0.417. The number of carboxylic acid groups (broad SMARTS) is 1. The molecule has 1 rings (SSSR count). The summed E-state index contributed by atoms with van der Waals surface area (Å²) in [4.78, 5) is 10.8. The van der Waals surface area contributed by atoms with E-state index in [9.17, 15) is 13.2 Å². The van der Waals surface area contributed by atoms with E-state index in [4.69, 9.17) is 5.11 Å². The van der Waals surface area contributed by atoms with Crippen molar-refractivity contribution in [3.8, 4) is 0 Å². The first kappa shape index (κ1) is 15.6. The Kier molecular flexibility index (Phi) is 4.67. The number of aromatic carboxylic acids is 1. The Balaban J connectivity index is 2.72. The van der Waals surface area contributed by atoms with Gasteiger partial charge in [0.2, 0.25) is 0 Å². The van der Waals surface area contributed by atoms with Gasteiger partial charge in [-0.15, -0.1) is 0 Å². The largest absolute Gasteiger partial charge is 0.478 e. The van der Waals surface area contributed by atoms with Crippen LogP contribution in [0.15, 0.2) is 24.3 Å². The SMILES string of the molecule is CC(C)(C)NS(=O)(=O)NCc1cccc(C(=O)O)c1. The van der Waals surface area contributed by atoms with E-state index in [1.807, 2.05) is 0 Å². The summed E-state index contributed by atoms with van der Waals surface area (Å²) in [6.07, 6.45) is 0. The molecule has 0 fully saturated rings. The predicted molar refractivity (Wildman–Crippen MR) is 72.0 cm³/mol. The molecule has 0 saturated heterocycles. The van der Waals surface area contributed by atoms with Gasteiger partial charge in [-0.3, -0.25) is 0 Å². The zero-order valence-electron chi connectivity index (χ0n) is 11.1. The van der Waals surface area contributed by atoms with E-state index < -0.39 is 21.7 Å². The van der Waals surface area contributed by atoms with E-state index in [-0.39, 0.29) is 12.1 Å². The van der Waals surface area contributed by atoms with Crippen molar-refractivity contribution >= 4 is 16.2 Å². The lowest BCUT2D eigenvalue weighted by atomic mass is 10.1. The number of hydrogen-bond donors (Lipinski definition) is 3. The molecule has 0 aliphatic heterocycles. The monoisotopic (exact) mass is 286 g/mol. The van der Waals surface area contributed by atoms with Crippen molar-refractivity contribution in [2.45, 2.75) is 32.9 Å². The molecule has 0 unspecified atom stereocenters. The third kappa shape index (κ3) is 5.82. The molecule has 0 aromatic heterocycles. The molecular formula is C12H18N2O4S. The molecule has 0 saturated carbocycles. The van der Waals surface area contributed by atoms with E-state index >= 15 is 0 Å². The number of hydrogen-bond acceptors (Lipinski definition) is 3. The van der Waals surface area contributed by atoms with Crippen molar-refractivity contribution in [2.24, 2.45) is 0 Å². The Bertz CT molecular complexity index is 561. The number of carboxylic acids is 1. The number of nitrogens with one attached hydrogen (secondary N) is 2. The topological polar surface area (TPSA) is 95.5 Å². The van der Waals surface area contributed by atoms with Crippen LogP contribution in [0.3, 0.4) is 0 Å². The first-order chi connectivity index (χ1) is 8.59. The van der Waals surface area contributed by atoms with Crippen molar-refractivity contribution < 1.29 is 18.3 Å². The molecule has 0 aliphatic rings. The molecule has 1 aromatic carbocycles. The van der Waals surface area contributed by atoms with Gasteiger partial charge in [0.05, 0.1) is 5.56 Å². The van der Waals surface area contributed by atoms with Crippen molar-refractivity contribution in [1.29, 1.82) is 0 Å². The maximum absolute atomic E-state index is 11.7. The molecule has 0 heterocycles. The van der Waals surface area contributed by atoms with Gasteiger partial charge >= 0.3 is 5.97 Å². The zero-order valence-corrected chi connectivity index (χ0v) is 11.9. The summed E-state index contributed by atoms with van der Waals surface area (Å²) in [6, 6.07) is 6.12. The quantitative estimate of drug-likeness (QED) is 0.755. The molecule has 0 atom stereocenters. The van der Waals surface area contributed by atoms with E-state index in [1.165, 1.54) is 12.1 Å². The Labute approximate surface area is 113 Å². The minimum atomic E-state index is -3.62. The molecule has 7 heteroatoms. The van der Waals surface area contributed by atoms with Crippen LogP contribution in [0.5, 0.6) is 0 Å². The van der Waals surface area contributed by atoms with Crippen LogP contribution in [0.4, 0.5) is 0 Å². The van der Waals surface area contributed by atoms with Crippen LogP contribution in [0.1, 0.15) is 36.7 Å². The minimum absolute atomic E-state index is 0.0343. The van der Waals surface area contributed by atoms with Gasteiger partial charge in [-0.1, -0.05) is 12.1 Å². The molecule has 19 heavy (non-hydrogen) atoms. The average Bonchev–Trinajstić information content (AvgIpc) is 2.24. The van der Waals surface area contributed by atoms with Gasteiger partial charge in [0.25, 0.3) is 10.2 Å². The lowest BCUT2D eigenvalue weighted by molar-refractivity contribution is 0.0696. The Morgan fingerprint density at radius 3 is 2.47 bits per heavy atom. The summed E-state index contributed by atoms with van der Waals surface area (Å²) < 4.78 is 28.2. The molecule has 1 aromatic rings. The maximum atomic E-state index is 11.7. The number of benzene rings is 1. The normalized spacial score (nSPS) is 12.4. The highest BCUT2D eigenvalue weighted by Gasteiger charge is 2.19. The molecule has 0 aliphatic carbocycles. The van der Waals surface area contributed by atoms with E-state index in [2.05, 4.69) is 9.44 Å². The molecule has 3 N–H and O–H groups in total. The van der Waals surface area contributed by atoms with Crippen molar-refractivity contribution in [2.75, 3.05) is 0 Å². The van der Waals surface area contributed by atoms with Gasteiger partial charge in [-0.05, 0) is 38.5 Å². The van der Waals surface area contributed by atoms with Crippen LogP contribution < -0.4 is 9.44 Å². The van der Waals surface area contributed by atoms with Crippen LogP contribution in [-0.2, 0) is 16.8 Å². The number of rotatable bonds is 5. The van der Waals surface area contributed by atoms with E-state index in [0.717, 1.165) is 0 Å². The second-order valence-corrected chi connectivity index (χ2v) is 6.68. The van der Waals surface area contributed by atoms with E-state index in [1.54, 1.807) is 32.9 Å². The van der Waals surface area contributed by atoms with Crippen LogP contribution in [-0.4, -0.2) is 25.0 Å². The summed E-state index contributed by atoms with van der Waals surface area (Å²) in [7, 11) is -3.62. The highest BCUT2D eigenvalue weighted by atomic mass is 32.2. The summed E-state index contributed by atoms with van der Waals surface area (Å²) in [5, 5.41) is 8.84. The Morgan fingerprint density at radius 2 is 1.95 bits per heavy atom. The minimum Gasteiger partial charge on any atom is -0.478 e. The smallest absolute Gasteiger partial charge is 0.335 e. The highest BCUT2D eigenvalue weighted by molar-refractivity contribution is 7.87. The zero-order chi connectivity index (χ0) is 14.7. The summed E-state index contributed by atoms with van der Waals surface area (Å²) in [6.45, 7) is 5.23. The lowest BCUT2D eigenvalue weighted by Gasteiger charge is -2.20. The Hall–Kier alpha value is -1.44. The van der Waals surface area contributed by atoms with Crippen molar-refractivity contribution in [3.05, 3.63) is 35.4 Å². The molecule has 0 radical (unpaired) electrons.